The monoisotopic (exact) mass is 659 g/mol. The number of nitrogens with zero attached hydrogens (tertiary/aromatic N) is 2. The first-order chi connectivity index (χ1) is 22.1. The molecule has 0 saturated carbocycles. The van der Waals surface area contributed by atoms with Crippen molar-refractivity contribution in [1.82, 2.24) is 15.1 Å². The van der Waals surface area contributed by atoms with Crippen molar-refractivity contribution >= 4 is 22.6 Å². The molecular weight excluding hydrogens is 635 g/mol. The van der Waals surface area contributed by atoms with Crippen LogP contribution in [-0.4, -0.2) is 39.7 Å². The van der Waals surface area contributed by atoms with Crippen LogP contribution in [0.3, 0.4) is 0 Å². The molecule has 0 aliphatic heterocycles. The first kappa shape index (κ1) is 33.0. The number of aliphatic carboxylic acids is 1. The average Bonchev–Trinajstić information content (AvgIpc) is 3.44. The predicted molar refractivity (Wildman–Crippen MR) is 157 cm³/mol. The van der Waals surface area contributed by atoms with E-state index in [-0.39, 0.29) is 29.8 Å². The van der Waals surface area contributed by atoms with Crippen molar-refractivity contribution in [2.24, 2.45) is 0 Å². The van der Waals surface area contributed by atoms with Crippen LogP contribution >= 0.6 is 0 Å². The fourth-order valence-electron chi connectivity index (χ4n) is 4.96. The molecule has 1 amide bonds. The van der Waals surface area contributed by atoms with Gasteiger partial charge in [0.25, 0.3) is 5.91 Å². The number of carboxylic acid groups (broad SMARTS) is 1. The first-order valence-electron chi connectivity index (χ1n) is 14.0. The highest BCUT2D eigenvalue weighted by atomic mass is 19.4. The fraction of sp³-hybridized carbons (Fsp3) is 0.182. The Hall–Kier alpha value is -5.40. The average molecular weight is 660 g/mol. The Labute approximate surface area is 262 Å². The summed E-state index contributed by atoms with van der Waals surface area (Å²) >= 11 is 0. The molecule has 0 bridgehead atoms. The molecule has 47 heavy (non-hydrogen) atoms. The van der Waals surface area contributed by atoms with E-state index in [2.05, 4.69) is 15.2 Å². The van der Waals surface area contributed by atoms with E-state index in [0.29, 0.717) is 33.7 Å². The third-order valence-electron chi connectivity index (χ3n) is 7.30. The molecule has 0 unspecified atom stereocenters. The van der Waals surface area contributed by atoms with E-state index < -0.39 is 47.6 Å². The number of hydrogen-bond acceptors (Lipinski definition) is 4. The van der Waals surface area contributed by atoms with Crippen LogP contribution in [-0.2, 0) is 11.0 Å². The van der Waals surface area contributed by atoms with Crippen molar-refractivity contribution in [2.45, 2.75) is 31.9 Å². The van der Waals surface area contributed by atoms with Crippen LogP contribution in [0.5, 0.6) is 5.75 Å². The van der Waals surface area contributed by atoms with E-state index in [4.69, 9.17) is 5.11 Å². The van der Waals surface area contributed by atoms with Crippen LogP contribution in [0, 0.1) is 5.82 Å². The third kappa shape index (κ3) is 7.71. The maximum atomic E-state index is 15.0. The number of carbonyl (C=O) groups is 2. The molecular formula is C33H24F7N3O4. The molecule has 7 nitrogen and oxygen atoms in total. The molecule has 0 saturated heterocycles. The Morgan fingerprint density at radius 3 is 2.21 bits per heavy atom. The number of amides is 1. The van der Waals surface area contributed by atoms with E-state index in [0.717, 1.165) is 18.2 Å². The van der Waals surface area contributed by atoms with Crippen molar-refractivity contribution in [3.63, 3.8) is 0 Å². The standard InChI is InChI=1S/C33H24F7N3O4/c1-18(19-2-4-20(5-3-19)31(46)41-13-12-30(44)45)43-29(17-28(42-43)26-11-9-24(16-27(26)34)32(35,36)37)23-7-6-22-15-25(47-33(38,39)40)10-8-21(22)14-23/h2-11,14-18H,12-13H2,1H3,(H,41,46)(H,44,45)/t18-/m0/s1. The molecule has 4 aromatic carbocycles. The van der Waals surface area contributed by atoms with Gasteiger partial charge in [-0.1, -0.05) is 30.3 Å². The molecule has 0 aliphatic rings. The number of hydrogen-bond donors (Lipinski definition) is 2. The predicted octanol–water partition coefficient (Wildman–Crippen LogP) is 8.24. The van der Waals surface area contributed by atoms with Gasteiger partial charge >= 0.3 is 18.5 Å². The second-order valence-corrected chi connectivity index (χ2v) is 10.5. The quantitative estimate of drug-likeness (QED) is 0.156. The number of alkyl halides is 6. The Balaban J connectivity index is 1.54. The van der Waals surface area contributed by atoms with Crippen molar-refractivity contribution in [1.29, 1.82) is 0 Å². The van der Waals surface area contributed by atoms with Gasteiger partial charge in [0.15, 0.2) is 0 Å². The highest BCUT2D eigenvalue weighted by Gasteiger charge is 2.32. The lowest BCUT2D eigenvalue weighted by Gasteiger charge is -2.17. The normalized spacial score (nSPS) is 12.6. The number of nitrogens with one attached hydrogen (secondary N) is 1. The number of halogens is 7. The van der Waals surface area contributed by atoms with Gasteiger partial charge < -0.3 is 15.2 Å². The summed E-state index contributed by atoms with van der Waals surface area (Å²) in [5.41, 5.74) is 0.528. The summed E-state index contributed by atoms with van der Waals surface area (Å²) in [5, 5.41) is 16.8. The minimum atomic E-state index is -4.87. The molecule has 1 atom stereocenters. The second-order valence-electron chi connectivity index (χ2n) is 10.5. The Kier molecular flexibility index (Phi) is 8.96. The van der Waals surface area contributed by atoms with Crippen LogP contribution in [0.25, 0.3) is 33.3 Å². The van der Waals surface area contributed by atoms with Gasteiger partial charge in [-0.05, 0) is 77.9 Å². The lowest BCUT2D eigenvalue weighted by Crippen LogP contribution is -2.26. The molecule has 1 heterocycles. The van der Waals surface area contributed by atoms with Gasteiger partial charge in [0, 0.05) is 23.2 Å². The highest BCUT2D eigenvalue weighted by Crippen LogP contribution is 2.36. The van der Waals surface area contributed by atoms with Crippen LogP contribution in [0.2, 0.25) is 0 Å². The molecule has 0 spiro atoms. The van der Waals surface area contributed by atoms with Gasteiger partial charge in [-0.2, -0.15) is 18.3 Å². The van der Waals surface area contributed by atoms with E-state index >= 15 is 4.39 Å². The summed E-state index contributed by atoms with van der Waals surface area (Å²) in [5.74, 6) is -3.09. The smallest absolute Gasteiger partial charge is 0.481 e. The number of aromatic nitrogens is 2. The Morgan fingerprint density at radius 2 is 1.57 bits per heavy atom. The maximum absolute atomic E-state index is 15.0. The van der Waals surface area contributed by atoms with E-state index in [1.54, 1.807) is 37.3 Å². The Bertz CT molecular complexity index is 1950. The molecule has 2 N–H and O–H groups in total. The molecule has 244 valence electrons. The second kappa shape index (κ2) is 12.8. The zero-order valence-corrected chi connectivity index (χ0v) is 24.3. The molecule has 1 aromatic heterocycles. The van der Waals surface area contributed by atoms with Gasteiger partial charge in [-0.25, -0.2) is 4.39 Å². The van der Waals surface area contributed by atoms with Gasteiger partial charge in [0.2, 0.25) is 0 Å². The molecule has 0 radical (unpaired) electrons. The minimum absolute atomic E-state index is 0.0292. The van der Waals surface area contributed by atoms with Crippen molar-refractivity contribution in [3.05, 3.63) is 107 Å². The molecule has 5 rings (SSSR count). The molecule has 14 heteroatoms. The third-order valence-corrected chi connectivity index (χ3v) is 7.30. The molecule has 0 aliphatic carbocycles. The van der Waals surface area contributed by atoms with Crippen LogP contribution < -0.4 is 10.1 Å². The lowest BCUT2D eigenvalue weighted by molar-refractivity contribution is -0.274. The van der Waals surface area contributed by atoms with Gasteiger partial charge in [0.05, 0.1) is 29.4 Å². The fourth-order valence-corrected chi connectivity index (χ4v) is 4.96. The van der Waals surface area contributed by atoms with Crippen molar-refractivity contribution in [3.8, 4) is 28.3 Å². The zero-order chi connectivity index (χ0) is 34.1. The van der Waals surface area contributed by atoms with Crippen LogP contribution in [0.4, 0.5) is 30.7 Å². The number of fused-ring (bicyclic) bond motifs is 1. The molecule has 5 aromatic rings. The summed E-state index contributed by atoms with van der Waals surface area (Å²) < 4.78 is 98.3. The topological polar surface area (TPSA) is 93.5 Å². The number of benzene rings is 4. The lowest BCUT2D eigenvalue weighted by atomic mass is 10.0. The van der Waals surface area contributed by atoms with Crippen LogP contribution in [0.1, 0.15) is 40.9 Å². The SMILES string of the molecule is C[C@@H](c1ccc(C(=O)NCCC(=O)O)cc1)n1nc(-c2ccc(C(F)(F)F)cc2F)cc1-c1ccc2cc(OC(F)(F)F)ccc2c1. The van der Waals surface area contributed by atoms with Gasteiger partial charge in [0.1, 0.15) is 11.6 Å². The maximum Gasteiger partial charge on any atom is 0.573 e. The molecule has 0 fully saturated rings. The summed E-state index contributed by atoms with van der Waals surface area (Å²) in [4.78, 5) is 23.1. The number of rotatable bonds is 9. The summed E-state index contributed by atoms with van der Waals surface area (Å²) in [6.45, 7) is 1.70. The van der Waals surface area contributed by atoms with Crippen molar-refractivity contribution in [2.75, 3.05) is 6.54 Å². The summed E-state index contributed by atoms with van der Waals surface area (Å²) in [6.07, 6.45) is -9.88. The van der Waals surface area contributed by atoms with Gasteiger partial charge in [-0.15, -0.1) is 13.2 Å². The number of ether oxygens (including phenoxy) is 1. The van der Waals surface area contributed by atoms with Crippen LogP contribution in [0.15, 0.2) is 84.9 Å². The largest absolute Gasteiger partial charge is 0.573 e. The van der Waals surface area contributed by atoms with E-state index in [9.17, 15) is 35.9 Å². The van der Waals surface area contributed by atoms with Gasteiger partial charge in [-0.3, -0.25) is 14.3 Å². The Morgan fingerprint density at radius 1 is 0.894 bits per heavy atom. The summed E-state index contributed by atoms with van der Waals surface area (Å²) in [6, 6.07) is 18.0. The van der Waals surface area contributed by atoms with E-state index in [1.165, 1.54) is 35.0 Å². The number of carbonyl (C=O) groups excluding carboxylic acids is 1. The summed E-state index contributed by atoms with van der Waals surface area (Å²) in [7, 11) is 0. The number of carboxylic acids is 1. The first-order valence-corrected chi connectivity index (χ1v) is 14.0. The minimum Gasteiger partial charge on any atom is -0.481 e. The highest BCUT2D eigenvalue weighted by molar-refractivity contribution is 5.94. The van der Waals surface area contributed by atoms with E-state index in [1.807, 2.05) is 0 Å². The van der Waals surface area contributed by atoms with Crippen molar-refractivity contribution < 1.29 is 50.2 Å². The zero-order valence-electron chi connectivity index (χ0n) is 24.3.